The number of anilines is 1. The van der Waals surface area contributed by atoms with Crippen LogP contribution in [0.25, 0.3) is 9.88 Å². The number of rotatable bonds is 2. The van der Waals surface area contributed by atoms with E-state index < -0.39 is 5.97 Å². The number of carboxylic acids is 1. The smallest absolute Gasteiger partial charge is 0.356 e. The monoisotopic (exact) mass is 227 g/mol. The predicted molar refractivity (Wildman–Crippen MR) is 54.6 cm³/mol. The van der Waals surface area contributed by atoms with E-state index in [4.69, 9.17) is 10.8 Å². The predicted octanol–water partition coefficient (Wildman–Crippen LogP) is 1.55. The molecule has 7 heteroatoms. The minimum absolute atomic E-state index is 0.0255. The van der Waals surface area contributed by atoms with Crippen LogP contribution >= 0.6 is 22.7 Å². The molecule has 0 fully saturated rings. The number of aromatic nitrogens is 2. The Kier molecular flexibility index (Phi) is 2.18. The third kappa shape index (κ3) is 1.47. The second kappa shape index (κ2) is 3.35. The van der Waals surface area contributed by atoms with Gasteiger partial charge in [0, 0.05) is 11.6 Å². The van der Waals surface area contributed by atoms with Gasteiger partial charge in [-0.3, -0.25) is 0 Å². The van der Waals surface area contributed by atoms with E-state index in [-0.39, 0.29) is 10.8 Å². The molecule has 3 N–H and O–H groups in total. The summed E-state index contributed by atoms with van der Waals surface area (Å²) in [6, 6.07) is 0. The van der Waals surface area contributed by atoms with Crippen molar-refractivity contribution >= 4 is 33.8 Å². The normalized spacial score (nSPS) is 10.3. The third-order valence-electron chi connectivity index (χ3n) is 1.47. The van der Waals surface area contributed by atoms with Gasteiger partial charge in [0.05, 0.1) is 4.88 Å². The standard InChI is InChI=1S/C7H5N3O2S2/c8-7-10-3(6(11)12)4(14-7)5-9-1-2-13-5/h1-2H,(H2,8,10)(H,11,12). The van der Waals surface area contributed by atoms with Crippen molar-refractivity contribution in [3.05, 3.63) is 17.3 Å². The molecule has 72 valence electrons. The molecule has 0 aliphatic rings. The number of nitrogens with two attached hydrogens (primary N) is 1. The Balaban J connectivity index is 2.58. The van der Waals surface area contributed by atoms with Crippen molar-refractivity contribution in [1.29, 1.82) is 0 Å². The van der Waals surface area contributed by atoms with Crippen LogP contribution in [0.3, 0.4) is 0 Å². The molecule has 2 aromatic heterocycles. The largest absolute Gasteiger partial charge is 0.476 e. The van der Waals surface area contributed by atoms with E-state index in [1.54, 1.807) is 11.6 Å². The molecule has 2 aromatic rings. The van der Waals surface area contributed by atoms with E-state index in [0.29, 0.717) is 9.88 Å². The van der Waals surface area contributed by atoms with Gasteiger partial charge < -0.3 is 10.8 Å². The van der Waals surface area contributed by atoms with Gasteiger partial charge in [0.2, 0.25) is 0 Å². The van der Waals surface area contributed by atoms with E-state index >= 15 is 0 Å². The molecule has 0 saturated heterocycles. The number of hydrogen-bond acceptors (Lipinski definition) is 6. The fourth-order valence-corrected chi connectivity index (χ4v) is 2.52. The van der Waals surface area contributed by atoms with Gasteiger partial charge >= 0.3 is 5.97 Å². The molecule has 0 aliphatic carbocycles. The molecule has 0 unspecified atom stereocenters. The second-order valence-corrected chi connectivity index (χ2v) is 4.30. The number of nitrogens with zero attached hydrogens (tertiary/aromatic N) is 2. The first-order valence-corrected chi connectivity index (χ1v) is 5.27. The average molecular weight is 227 g/mol. The molecule has 2 rings (SSSR count). The van der Waals surface area contributed by atoms with Crippen molar-refractivity contribution in [2.45, 2.75) is 0 Å². The van der Waals surface area contributed by atoms with Crippen LogP contribution in [0.1, 0.15) is 10.5 Å². The zero-order valence-electron chi connectivity index (χ0n) is 6.80. The number of nitrogen functional groups attached to an aromatic ring is 1. The highest BCUT2D eigenvalue weighted by Gasteiger charge is 2.19. The van der Waals surface area contributed by atoms with Gasteiger partial charge in [-0.05, 0) is 0 Å². The fraction of sp³-hybridized carbons (Fsp3) is 0. The van der Waals surface area contributed by atoms with E-state index in [1.807, 2.05) is 0 Å². The molecule has 0 atom stereocenters. The first-order chi connectivity index (χ1) is 6.68. The van der Waals surface area contributed by atoms with Crippen LogP contribution in [0.5, 0.6) is 0 Å². The summed E-state index contributed by atoms with van der Waals surface area (Å²) in [5.74, 6) is -1.08. The van der Waals surface area contributed by atoms with Crippen LogP contribution in [-0.2, 0) is 0 Å². The van der Waals surface area contributed by atoms with Crippen molar-refractivity contribution in [2.24, 2.45) is 0 Å². The highest BCUT2D eigenvalue weighted by molar-refractivity contribution is 7.23. The topological polar surface area (TPSA) is 89.1 Å². The van der Waals surface area contributed by atoms with Crippen LogP contribution < -0.4 is 5.73 Å². The summed E-state index contributed by atoms with van der Waals surface area (Å²) < 4.78 is 0. The molecule has 0 saturated carbocycles. The number of thiazole rings is 2. The summed E-state index contributed by atoms with van der Waals surface area (Å²) in [6.07, 6.45) is 1.61. The lowest BCUT2D eigenvalue weighted by atomic mass is 10.4. The van der Waals surface area contributed by atoms with E-state index in [0.717, 1.165) is 11.3 Å². The Morgan fingerprint density at radius 1 is 1.57 bits per heavy atom. The highest BCUT2D eigenvalue weighted by Crippen LogP contribution is 2.32. The summed E-state index contributed by atoms with van der Waals surface area (Å²) >= 11 is 2.50. The number of hydrogen-bond donors (Lipinski definition) is 2. The van der Waals surface area contributed by atoms with E-state index in [2.05, 4.69) is 9.97 Å². The maximum absolute atomic E-state index is 10.8. The first-order valence-electron chi connectivity index (χ1n) is 3.58. The Morgan fingerprint density at radius 3 is 2.93 bits per heavy atom. The van der Waals surface area contributed by atoms with Gasteiger partial charge in [-0.15, -0.1) is 11.3 Å². The zero-order valence-corrected chi connectivity index (χ0v) is 8.43. The van der Waals surface area contributed by atoms with E-state index in [9.17, 15) is 4.79 Å². The van der Waals surface area contributed by atoms with Crippen molar-refractivity contribution in [2.75, 3.05) is 5.73 Å². The van der Waals surface area contributed by atoms with Gasteiger partial charge in [-0.25, -0.2) is 14.8 Å². The quantitative estimate of drug-likeness (QED) is 0.812. The molecular formula is C7H5N3O2S2. The maximum atomic E-state index is 10.8. The van der Waals surface area contributed by atoms with Gasteiger partial charge in [-0.2, -0.15) is 0 Å². The summed E-state index contributed by atoms with van der Waals surface area (Å²) in [4.78, 5) is 19.1. The minimum Gasteiger partial charge on any atom is -0.476 e. The van der Waals surface area contributed by atoms with Gasteiger partial charge in [0.25, 0.3) is 0 Å². The lowest BCUT2D eigenvalue weighted by molar-refractivity contribution is 0.0692. The van der Waals surface area contributed by atoms with Crippen molar-refractivity contribution in [3.63, 3.8) is 0 Å². The summed E-state index contributed by atoms with van der Waals surface area (Å²) in [6.45, 7) is 0. The van der Waals surface area contributed by atoms with Crippen LogP contribution in [0.2, 0.25) is 0 Å². The summed E-state index contributed by atoms with van der Waals surface area (Å²) in [5, 5.41) is 11.5. The Bertz CT molecular complexity index is 463. The number of carboxylic acid groups (broad SMARTS) is 1. The van der Waals surface area contributed by atoms with Gasteiger partial charge in [-0.1, -0.05) is 11.3 Å². The SMILES string of the molecule is Nc1nc(C(=O)O)c(-c2nccs2)s1. The zero-order chi connectivity index (χ0) is 10.1. The molecule has 5 nitrogen and oxygen atoms in total. The maximum Gasteiger partial charge on any atom is 0.356 e. The Hall–Kier alpha value is -1.47. The lowest BCUT2D eigenvalue weighted by Crippen LogP contribution is -1.98. The van der Waals surface area contributed by atoms with Gasteiger partial charge in [0.1, 0.15) is 5.01 Å². The van der Waals surface area contributed by atoms with E-state index in [1.165, 1.54) is 11.3 Å². The summed E-state index contributed by atoms with van der Waals surface area (Å²) in [5.41, 5.74) is 5.42. The first kappa shape index (κ1) is 9.10. The highest BCUT2D eigenvalue weighted by atomic mass is 32.1. The molecule has 0 aromatic carbocycles. The van der Waals surface area contributed by atoms with Crippen molar-refractivity contribution < 1.29 is 9.90 Å². The lowest BCUT2D eigenvalue weighted by Gasteiger charge is -1.90. The Morgan fingerprint density at radius 2 is 2.36 bits per heavy atom. The molecule has 0 radical (unpaired) electrons. The number of carbonyl (C=O) groups is 1. The van der Waals surface area contributed by atoms with Gasteiger partial charge in [0.15, 0.2) is 10.8 Å². The third-order valence-corrected chi connectivity index (χ3v) is 3.28. The molecule has 0 amide bonds. The van der Waals surface area contributed by atoms with Crippen LogP contribution in [0, 0.1) is 0 Å². The van der Waals surface area contributed by atoms with Crippen LogP contribution in [0.15, 0.2) is 11.6 Å². The molecule has 0 aliphatic heterocycles. The molecule has 0 spiro atoms. The fourth-order valence-electron chi connectivity index (χ4n) is 0.962. The Labute approximate surface area is 86.9 Å². The molecule has 2 heterocycles. The minimum atomic E-state index is -1.08. The average Bonchev–Trinajstić information content (AvgIpc) is 2.70. The molecule has 0 bridgehead atoms. The van der Waals surface area contributed by atoms with Crippen molar-refractivity contribution in [3.8, 4) is 9.88 Å². The number of aromatic carboxylic acids is 1. The summed E-state index contributed by atoms with van der Waals surface area (Å²) in [7, 11) is 0. The molecular weight excluding hydrogens is 222 g/mol. The van der Waals surface area contributed by atoms with Crippen molar-refractivity contribution in [1.82, 2.24) is 9.97 Å². The molecule has 14 heavy (non-hydrogen) atoms. The van der Waals surface area contributed by atoms with Crippen LogP contribution in [-0.4, -0.2) is 21.0 Å². The second-order valence-electron chi connectivity index (χ2n) is 2.37. The van der Waals surface area contributed by atoms with Crippen LogP contribution in [0.4, 0.5) is 5.13 Å².